The maximum atomic E-state index is 13.7. The predicted octanol–water partition coefficient (Wildman–Crippen LogP) is 3.52. The number of halogens is 1. The lowest BCUT2D eigenvalue weighted by molar-refractivity contribution is -0.128. The van der Waals surface area contributed by atoms with E-state index in [2.05, 4.69) is 15.5 Å². The third-order valence-electron chi connectivity index (χ3n) is 5.68. The smallest absolute Gasteiger partial charge is 0.260 e. The highest BCUT2D eigenvalue weighted by Gasteiger charge is 2.40. The van der Waals surface area contributed by atoms with E-state index < -0.39 is 5.60 Å². The van der Waals surface area contributed by atoms with Crippen LogP contribution < -0.4 is 10.2 Å². The van der Waals surface area contributed by atoms with E-state index in [9.17, 15) is 9.59 Å². The summed E-state index contributed by atoms with van der Waals surface area (Å²) in [4.78, 5) is 37.6. The number of amides is 1. The van der Waals surface area contributed by atoms with Gasteiger partial charge in [-0.2, -0.15) is 0 Å². The number of anilines is 1. The first-order valence-electron chi connectivity index (χ1n) is 10.4. The van der Waals surface area contributed by atoms with Gasteiger partial charge in [0.15, 0.2) is 17.1 Å². The summed E-state index contributed by atoms with van der Waals surface area (Å²) in [6.45, 7) is 6.82. The average Bonchev–Trinajstić information content (AvgIpc) is 3.03. The van der Waals surface area contributed by atoms with E-state index in [4.69, 9.17) is 16.4 Å². The number of Topliss-reactive ketones (excluding diaryl/α,β-unsaturated/α-hetero) is 1. The molecule has 1 aromatic carbocycles. The summed E-state index contributed by atoms with van der Waals surface area (Å²) in [5.41, 5.74) is 1.20. The number of carbonyl (C=O) groups excluding carboxylic acids is 2. The Kier molecular flexibility index (Phi) is 5.81. The highest BCUT2D eigenvalue weighted by Crippen LogP contribution is 2.30. The molecule has 4 rings (SSSR count). The zero-order valence-corrected chi connectivity index (χ0v) is 18.6. The Morgan fingerprint density at radius 1 is 1.32 bits per heavy atom. The maximum absolute atomic E-state index is 13.7. The molecule has 1 atom stereocenters. The zero-order chi connectivity index (χ0) is 22.2. The number of benzene rings is 1. The molecule has 7 nitrogen and oxygen atoms in total. The van der Waals surface area contributed by atoms with Crippen LogP contribution in [0.1, 0.15) is 48.2 Å². The highest BCUT2D eigenvalue weighted by atomic mass is 35.5. The van der Waals surface area contributed by atoms with Crippen LogP contribution in [0.4, 0.5) is 5.82 Å². The number of rotatable bonds is 4. The van der Waals surface area contributed by atoms with Gasteiger partial charge in [0.2, 0.25) is 5.78 Å². The van der Waals surface area contributed by atoms with Gasteiger partial charge in [0, 0.05) is 23.9 Å². The molecule has 2 aromatic rings. The van der Waals surface area contributed by atoms with E-state index in [1.165, 1.54) is 0 Å². The van der Waals surface area contributed by atoms with Gasteiger partial charge < -0.3 is 10.2 Å². The Morgan fingerprint density at radius 2 is 2.13 bits per heavy atom. The molecule has 0 radical (unpaired) electrons. The number of piperidine rings is 1. The number of carbonyl (C=O) groups is 2. The number of hydrogen-bond donors (Lipinski definition) is 1. The van der Waals surface area contributed by atoms with E-state index in [1.807, 2.05) is 6.92 Å². The number of nitrogens with one attached hydrogen (secondary N) is 1. The van der Waals surface area contributed by atoms with Crippen molar-refractivity contribution in [1.29, 1.82) is 0 Å². The van der Waals surface area contributed by atoms with Crippen molar-refractivity contribution in [1.82, 2.24) is 10.3 Å². The molecule has 1 aromatic heterocycles. The van der Waals surface area contributed by atoms with E-state index in [0.29, 0.717) is 28.5 Å². The zero-order valence-electron chi connectivity index (χ0n) is 17.8. The fourth-order valence-electron chi connectivity index (χ4n) is 3.94. The number of aryl methyl sites for hydroxylation is 1. The van der Waals surface area contributed by atoms with Gasteiger partial charge in [0.25, 0.3) is 5.91 Å². The highest BCUT2D eigenvalue weighted by molar-refractivity contribution is 6.49. The second-order valence-electron chi connectivity index (χ2n) is 8.38. The minimum atomic E-state index is -0.974. The number of pyridine rings is 1. The van der Waals surface area contributed by atoms with Crippen molar-refractivity contribution in [2.75, 3.05) is 18.0 Å². The molecule has 0 saturated carbocycles. The maximum Gasteiger partial charge on any atom is 0.260 e. The van der Waals surface area contributed by atoms with Gasteiger partial charge in [-0.15, -0.1) is 0 Å². The standard InChI is InChI=1S/C23H25ClN4O3/c1-14-12-15(19-20(29)23(2,3)31-27-19)8-9-17(14)22(30)28(16-6-4-10-25-13-16)21-18(24)7-5-11-26-21/h5,7-9,11-12,16,25H,4,6,10,13H2,1-3H3/t16-/m1/s1. The molecule has 162 valence electrons. The van der Waals surface area contributed by atoms with Crippen LogP contribution in [0.2, 0.25) is 5.02 Å². The van der Waals surface area contributed by atoms with E-state index in [1.54, 1.807) is 55.3 Å². The number of aromatic nitrogens is 1. The fourth-order valence-corrected chi connectivity index (χ4v) is 4.15. The molecular weight excluding hydrogens is 416 g/mol. The summed E-state index contributed by atoms with van der Waals surface area (Å²) in [7, 11) is 0. The minimum Gasteiger partial charge on any atom is -0.381 e. The second kappa shape index (κ2) is 8.40. The molecule has 0 spiro atoms. The van der Waals surface area contributed by atoms with Gasteiger partial charge in [-0.3, -0.25) is 14.5 Å². The van der Waals surface area contributed by atoms with Gasteiger partial charge in [-0.1, -0.05) is 22.8 Å². The second-order valence-corrected chi connectivity index (χ2v) is 8.79. The first-order valence-corrected chi connectivity index (χ1v) is 10.7. The van der Waals surface area contributed by atoms with Gasteiger partial charge in [0.05, 0.1) is 11.1 Å². The normalized spacial score (nSPS) is 20.2. The van der Waals surface area contributed by atoms with Crippen molar-refractivity contribution in [3.63, 3.8) is 0 Å². The lowest BCUT2D eigenvalue weighted by Crippen LogP contribution is -2.49. The lowest BCUT2D eigenvalue weighted by atomic mass is 9.93. The Balaban J connectivity index is 1.69. The molecule has 1 amide bonds. The Hall–Kier alpha value is -2.77. The third-order valence-corrected chi connectivity index (χ3v) is 5.97. The van der Waals surface area contributed by atoms with Crippen molar-refractivity contribution in [3.8, 4) is 0 Å². The molecule has 31 heavy (non-hydrogen) atoms. The minimum absolute atomic E-state index is 0.0530. The fraction of sp³-hybridized carbons (Fsp3) is 0.391. The van der Waals surface area contributed by atoms with Crippen molar-refractivity contribution in [2.45, 2.75) is 45.3 Å². The summed E-state index contributed by atoms with van der Waals surface area (Å²) in [6.07, 6.45) is 3.47. The van der Waals surface area contributed by atoms with Crippen LogP contribution in [0.5, 0.6) is 0 Å². The molecule has 2 aliphatic heterocycles. The molecule has 0 bridgehead atoms. The Bertz CT molecular complexity index is 1060. The number of ketones is 1. The molecule has 1 saturated heterocycles. The molecule has 2 aliphatic rings. The van der Waals surface area contributed by atoms with Crippen LogP contribution in [-0.2, 0) is 9.63 Å². The third kappa shape index (κ3) is 4.07. The first kappa shape index (κ1) is 21.5. The molecule has 0 unspecified atom stereocenters. The summed E-state index contributed by atoms with van der Waals surface area (Å²) < 4.78 is 0. The van der Waals surface area contributed by atoms with Crippen molar-refractivity contribution in [3.05, 3.63) is 58.2 Å². The van der Waals surface area contributed by atoms with Gasteiger partial charge >= 0.3 is 0 Å². The largest absolute Gasteiger partial charge is 0.381 e. The Morgan fingerprint density at radius 3 is 2.74 bits per heavy atom. The van der Waals surface area contributed by atoms with Crippen LogP contribution >= 0.6 is 11.6 Å². The summed E-state index contributed by atoms with van der Waals surface area (Å²) >= 11 is 6.42. The van der Waals surface area contributed by atoms with Crippen LogP contribution in [0.3, 0.4) is 0 Å². The molecule has 0 aliphatic carbocycles. The van der Waals surface area contributed by atoms with E-state index >= 15 is 0 Å². The van der Waals surface area contributed by atoms with Crippen LogP contribution in [0.15, 0.2) is 41.7 Å². The lowest BCUT2D eigenvalue weighted by Gasteiger charge is -2.34. The molecule has 1 N–H and O–H groups in total. The number of hydrogen-bond acceptors (Lipinski definition) is 6. The SMILES string of the molecule is Cc1cc(C2=NOC(C)(C)C2=O)ccc1C(=O)N(c1ncccc1Cl)[C@@H]1CCCNC1. The van der Waals surface area contributed by atoms with Crippen molar-refractivity contribution < 1.29 is 14.4 Å². The predicted molar refractivity (Wildman–Crippen MR) is 120 cm³/mol. The van der Waals surface area contributed by atoms with Gasteiger partial charge in [-0.25, -0.2) is 4.98 Å². The quantitative estimate of drug-likeness (QED) is 0.786. The van der Waals surface area contributed by atoms with Crippen LogP contribution in [0, 0.1) is 6.92 Å². The average molecular weight is 441 g/mol. The van der Waals surface area contributed by atoms with Gasteiger partial charge in [-0.05, 0) is 70.0 Å². The van der Waals surface area contributed by atoms with Crippen molar-refractivity contribution >= 4 is 34.8 Å². The summed E-state index contributed by atoms with van der Waals surface area (Å²) in [6, 6.07) is 8.69. The first-order chi connectivity index (χ1) is 14.8. The van der Waals surface area contributed by atoms with Gasteiger partial charge in [0.1, 0.15) is 0 Å². The molecular formula is C23H25ClN4O3. The van der Waals surface area contributed by atoms with E-state index in [-0.39, 0.29) is 23.4 Å². The topological polar surface area (TPSA) is 83.9 Å². The summed E-state index contributed by atoms with van der Waals surface area (Å²) in [5, 5.41) is 7.74. The monoisotopic (exact) mass is 440 g/mol. The Labute approximate surface area is 186 Å². The number of nitrogens with zero attached hydrogens (tertiary/aromatic N) is 3. The van der Waals surface area contributed by atoms with Crippen LogP contribution in [0.25, 0.3) is 0 Å². The molecule has 8 heteroatoms. The van der Waals surface area contributed by atoms with Crippen molar-refractivity contribution in [2.24, 2.45) is 5.16 Å². The summed E-state index contributed by atoms with van der Waals surface area (Å²) in [5.74, 6) is 0.104. The van der Waals surface area contributed by atoms with Crippen LogP contribution in [-0.4, -0.2) is 47.1 Å². The molecule has 3 heterocycles. The van der Waals surface area contributed by atoms with E-state index in [0.717, 1.165) is 24.9 Å². The molecule has 1 fully saturated rings. The number of oxime groups is 1.